The SMILES string of the molecule is CCc1ccc(S(=O)(=O)N2CCN(Cc3nc4cc(C(=O)N5CCCC5)ccc4n3C)CC2)cc1. The van der Waals surface area contributed by atoms with E-state index in [1.54, 1.807) is 16.4 Å². The van der Waals surface area contributed by atoms with Gasteiger partial charge in [-0.3, -0.25) is 9.69 Å². The first-order chi connectivity index (χ1) is 16.9. The number of carbonyl (C=O) groups is 1. The number of sulfonamides is 1. The molecule has 8 nitrogen and oxygen atoms in total. The maximum absolute atomic E-state index is 13.1. The molecule has 2 saturated heterocycles. The van der Waals surface area contributed by atoms with Gasteiger partial charge in [0.2, 0.25) is 10.0 Å². The van der Waals surface area contributed by atoms with Gasteiger partial charge in [0.15, 0.2) is 0 Å². The molecule has 0 spiro atoms. The largest absolute Gasteiger partial charge is 0.339 e. The van der Waals surface area contributed by atoms with E-state index in [1.165, 1.54) is 0 Å². The normalized spacial score (nSPS) is 17.9. The number of fused-ring (bicyclic) bond motifs is 1. The van der Waals surface area contributed by atoms with Gasteiger partial charge >= 0.3 is 0 Å². The number of aryl methyl sites for hydroxylation is 2. The second-order valence-electron chi connectivity index (χ2n) is 9.47. The fourth-order valence-electron chi connectivity index (χ4n) is 5.00. The lowest BCUT2D eigenvalue weighted by Crippen LogP contribution is -2.48. The van der Waals surface area contributed by atoms with E-state index in [0.29, 0.717) is 43.2 Å². The molecule has 0 N–H and O–H groups in total. The van der Waals surface area contributed by atoms with Gasteiger partial charge in [0.1, 0.15) is 5.82 Å². The first-order valence-corrected chi connectivity index (χ1v) is 13.9. The summed E-state index contributed by atoms with van der Waals surface area (Å²) in [4.78, 5) is 22.1. The van der Waals surface area contributed by atoms with Crippen LogP contribution in [0.15, 0.2) is 47.4 Å². The summed E-state index contributed by atoms with van der Waals surface area (Å²) in [6.07, 6.45) is 3.03. The van der Waals surface area contributed by atoms with Gasteiger partial charge in [0, 0.05) is 51.9 Å². The Morgan fingerprint density at radius 2 is 1.63 bits per heavy atom. The molecule has 1 amide bonds. The maximum Gasteiger partial charge on any atom is 0.253 e. The number of hydrogen-bond acceptors (Lipinski definition) is 5. The average molecular weight is 496 g/mol. The van der Waals surface area contributed by atoms with E-state index in [-0.39, 0.29) is 5.91 Å². The van der Waals surface area contributed by atoms with Crippen LogP contribution in [0.3, 0.4) is 0 Å². The number of likely N-dealkylation sites (tertiary alicyclic amines) is 1. The topological polar surface area (TPSA) is 78.8 Å². The highest BCUT2D eigenvalue weighted by molar-refractivity contribution is 7.89. The van der Waals surface area contributed by atoms with Gasteiger partial charge in [0.05, 0.1) is 22.5 Å². The molecule has 2 aromatic carbocycles. The van der Waals surface area contributed by atoms with Crippen molar-refractivity contribution in [3.8, 4) is 0 Å². The summed E-state index contributed by atoms with van der Waals surface area (Å²) in [5, 5.41) is 0. The number of piperazine rings is 1. The van der Waals surface area contributed by atoms with Crippen LogP contribution >= 0.6 is 0 Å². The summed E-state index contributed by atoms with van der Waals surface area (Å²) in [5.41, 5.74) is 3.64. The second kappa shape index (κ2) is 9.72. The number of amides is 1. The summed E-state index contributed by atoms with van der Waals surface area (Å²) in [5.74, 6) is 0.996. The smallest absolute Gasteiger partial charge is 0.253 e. The van der Waals surface area contributed by atoms with Crippen molar-refractivity contribution in [1.29, 1.82) is 0 Å². The highest BCUT2D eigenvalue weighted by atomic mass is 32.2. The Labute approximate surface area is 207 Å². The zero-order valence-corrected chi connectivity index (χ0v) is 21.3. The van der Waals surface area contributed by atoms with E-state index in [1.807, 2.05) is 42.3 Å². The molecule has 2 aliphatic rings. The molecule has 5 rings (SSSR count). The first kappa shape index (κ1) is 24.0. The predicted octanol–water partition coefficient (Wildman–Crippen LogP) is 2.88. The molecule has 3 heterocycles. The lowest BCUT2D eigenvalue weighted by molar-refractivity contribution is 0.0793. The summed E-state index contributed by atoms with van der Waals surface area (Å²) in [6, 6.07) is 13.0. The Hall–Kier alpha value is -2.75. The molecule has 0 unspecified atom stereocenters. The Morgan fingerprint density at radius 3 is 2.29 bits per heavy atom. The molecule has 3 aromatic rings. The van der Waals surface area contributed by atoms with Crippen molar-refractivity contribution in [1.82, 2.24) is 23.7 Å². The van der Waals surface area contributed by atoms with Crippen molar-refractivity contribution < 1.29 is 13.2 Å². The van der Waals surface area contributed by atoms with E-state index in [4.69, 9.17) is 4.98 Å². The molecule has 0 saturated carbocycles. The van der Waals surface area contributed by atoms with E-state index >= 15 is 0 Å². The van der Waals surface area contributed by atoms with Gasteiger partial charge in [-0.2, -0.15) is 4.31 Å². The Kier molecular flexibility index (Phi) is 6.65. The van der Waals surface area contributed by atoms with E-state index in [2.05, 4.69) is 16.4 Å². The number of carbonyl (C=O) groups excluding carboxylic acids is 1. The van der Waals surface area contributed by atoms with Crippen molar-refractivity contribution in [2.24, 2.45) is 7.05 Å². The second-order valence-corrected chi connectivity index (χ2v) is 11.4. The third-order valence-corrected chi connectivity index (χ3v) is 9.19. The van der Waals surface area contributed by atoms with Gasteiger partial charge in [-0.1, -0.05) is 19.1 Å². The van der Waals surface area contributed by atoms with Crippen LogP contribution in [0.4, 0.5) is 0 Å². The van der Waals surface area contributed by atoms with E-state index in [9.17, 15) is 13.2 Å². The fourth-order valence-corrected chi connectivity index (χ4v) is 6.42. The van der Waals surface area contributed by atoms with Gasteiger partial charge in [-0.25, -0.2) is 13.4 Å². The molecule has 0 atom stereocenters. The van der Waals surface area contributed by atoms with Crippen LogP contribution in [0.2, 0.25) is 0 Å². The number of aromatic nitrogens is 2. The summed E-state index contributed by atoms with van der Waals surface area (Å²) in [7, 11) is -1.49. The van der Waals surface area contributed by atoms with E-state index in [0.717, 1.165) is 54.8 Å². The predicted molar refractivity (Wildman–Crippen MR) is 136 cm³/mol. The minimum Gasteiger partial charge on any atom is -0.339 e. The van der Waals surface area contributed by atoms with Crippen LogP contribution in [0.5, 0.6) is 0 Å². The van der Waals surface area contributed by atoms with Crippen LogP contribution in [-0.4, -0.2) is 77.2 Å². The van der Waals surface area contributed by atoms with Gasteiger partial charge in [-0.15, -0.1) is 0 Å². The minimum absolute atomic E-state index is 0.0817. The van der Waals surface area contributed by atoms with Gasteiger partial charge in [0.25, 0.3) is 5.91 Å². The highest BCUT2D eigenvalue weighted by Gasteiger charge is 2.29. The summed E-state index contributed by atoms with van der Waals surface area (Å²) < 4.78 is 29.8. The molecular formula is C26H33N5O3S. The zero-order valence-electron chi connectivity index (χ0n) is 20.5. The van der Waals surface area contributed by atoms with Crippen LogP contribution in [-0.2, 0) is 30.0 Å². The van der Waals surface area contributed by atoms with E-state index < -0.39 is 10.0 Å². The van der Waals surface area contributed by atoms with Gasteiger partial charge in [-0.05, 0) is 55.2 Å². The molecule has 9 heteroatoms. The van der Waals surface area contributed by atoms with Crippen molar-refractivity contribution in [2.75, 3.05) is 39.3 Å². The zero-order chi connectivity index (χ0) is 24.6. The van der Waals surface area contributed by atoms with Gasteiger partial charge < -0.3 is 9.47 Å². The van der Waals surface area contributed by atoms with Crippen LogP contribution in [0.1, 0.15) is 41.5 Å². The summed E-state index contributed by atoms with van der Waals surface area (Å²) in [6.45, 7) is 6.56. The number of rotatable bonds is 6. The quantitative estimate of drug-likeness (QED) is 0.526. The molecule has 1 aromatic heterocycles. The molecule has 2 fully saturated rings. The third-order valence-electron chi connectivity index (χ3n) is 7.28. The molecule has 0 bridgehead atoms. The lowest BCUT2D eigenvalue weighted by Gasteiger charge is -2.33. The van der Waals surface area contributed by atoms with Crippen molar-refractivity contribution in [3.05, 3.63) is 59.4 Å². The standard InChI is InChI=1S/C26H33N5O3S/c1-3-20-6-9-22(10-7-20)35(33,34)31-16-14-29(15-17-31)19-25-27-23-18-21(8-11-24(23)28(25)2)26(32)30-12-4-5-13-30/h6-11,18H,3-5,12-17,19H2,1-2H3. The Bertz CT molecular complexity index is 1320. The maximum atomic E-state index is 13.1. The van der Waals surface area contributed by atoms with Crippen LogP contribution < -0.4 is 0 Å². The molecule has 186 valence electrons. The molecule has 35 heavy (non-hydrogen) atoms. The number of benzene rings is 2. The highest BCUT2D eigenvalue weighted by Crippen LogP contribution is 2.22. The Morgan fingerprint density at radius 1 is 0.943 bits per heavy atom. The van der Waals surface area contributed by atoms with Crippen molar-refractivity contribution >= 4 is 27.0 Å². The third kappa shape index (κ3) is 4.72. The molecule has 0 aliphatic carbocycles. The lowest BCUT2D eigenvalue weighted by atomic mass is 10.2. The fraction of sp³-hybridized carbons (Fsp3) is 0.462. The van der Waals surface area contributed by atoms with Crippen LogP contribution in [0.25, 0.3) is 11.0 Å². The first-order valence-electron chi connectivity index (χ1n) is 12.4. The number of imidazole rings is 1. The number of nitrogens with zero attached hydrogens (tertiary/aromatic N) is 5. The van der Waals surface area contributed by atoms with Crippen molar-refractivity contribution in [3.63, 3.8) is 0 Å². The van der Waals surface area contributed by atoms with Crippen molar-refractivity contribution in [2.45, 2.75) is 37.6 Å². The van der Waals surface area contributed by atoms with Crippen LogP contribution in [0, 0.1) is 0 Å². The number of hydrogen-bond donors (Lipinski definition) is 0. The summed E-state index contributed by atoms with van der Waals surface area (Å²) >= 11 is 0. The minimum atomic E-state index is -3.48. The Balaban J connectivity index is 1.25. The molecule has 0 radical (unpaired) electrons. The molecule has 2 aliphatic heterocycles. The molecular weight excluding hydrogens is 462 g/mol. The monoisotopic (exact) mass is 495 g/mol. The average Bonchev–Trinajstić information content (AvgIpc) is 3.52.